The van der Waals surface area contributed by atoms with Gasteiger partial charge < -0.3 is 9.67 Å². The molecule has 0 aromatic carbocycles. The number of hydrogen-bond acceptors (Lipinski definition) is 3. The van der Waals surface area contributed by atoms with Crippen LogP contribution in [0.3, 0.4) is 0 Å². The molecule has 0 aliphatic carbocycles. The van der Waals surface area contributed by atoms with Crippen molar-refractivity contribution in [2.45, 2.75) is 59.2 Å². The molecule has 0 radical (unpaired) electrons. The summed E-state index contributed by atoms with van der Waals surface area (Å²) in [5, 5.41) is 10.1. The van der Waals surface area contributed by atoms with Crippen LogP contribution in [0.5, 0.6) is 5.75 Å². The maximum absolute atomic E-state index is 11.8. The summed E-state index contributed by atoms with van der Waals surface area (Å²) >= 11 is 0. The topological polar surface area (TPSA) is 45.5 Å². The largest absolute Gasteiger partial charge is 0.503 e. The SMILES string of the molecule is CCn1c(C)cc(=O)c(O)c1CN1CCCCC1C. The zero-order valence-corrected chi connectivity index (χ0v) is 12.1. The maximum atomic E-state index is 11.8. The number of aromatic nitrogens is 1. The average Bonchev–Trinajstić information content (AvgIpc) is 2.38. The summed E-state index contributed by atoms with van der Waals surface area (Å²) in [5.41, 5.74) is 1.42. The molecule has 0 amide bonds. The molecule has 2 rings (SSSR count). The fourth-order valence-electron chi connectivity index (χ4n) is 3.00. The smallest absolute Gasteiger partial charge is 0.223 e. The van der Waals surface area contributed by atoms with Crippen molar-refractivity contribution in [2.24, 2.45) is 0 Å². The zero-order chi connectivity index (χ0) is 14.0. The Morgan fingerprint density at radius 2 is 2.16 bits per heavy atom. The van der Waals surface area contributed by atoms with E-state index in [9.17, 15) is 9.90 Å². The number of hydrogen-bond donors (Lipinski definition) is 1. The first-order valence-electron chi connectivity index (χ1n) is 7.21. The van der Waals surface area contributed by atoms with E-state index in [1.54, 1.807) is 0 Å². The number of aryl methyl sites for hydroxylation is 1. The van der Waals surface area contributed by atoms with E-state index in [0.717, 1.165) is 24.5 Å². The predicted octanol–water partition coefficient (Wildman–Crippen LogP) is 2.26. The summed E-state index contributed by atoms with van der Waals surface area (Å²) in [4.78, 5) is 14.1. The minimum atomic E-state index is -0.262. The number of rotatable bonds is 3. The molecule has 19 heavy (non-hydrogen) atoms. The third-order valence-corrected chi connectivity index (χ3v) is 4.21. The molecule has 1 fully saturated rings. The molecule has 1 unspecified atom stereocenters. The number of nitrogens with zero attached hydrogens (tertiary/aromatic N) is 2. The van der Waals surface area contributed by atoms with E-state index in [1.807, 2.05) is 18.4 Å². The van der Waals surface area contributed by atoms with Gasteiger partial charge in [0.25, 0.3) is 0 Å². The molecule has 0 saturated carbocycles. The molecule has 1 aromatic heterocycles. The molecule has 1 aliphatic heterocycles. The first kappa shape index (κ1) is 14.1. The van der Waals surface area contributed by atoms with Gasteiger partial charge in [-0.2, -0.15) is 0 Å². The monoisotopic (exact) mass is 264 g/mol. The molecular weight excluding hydrogens is 240 g/mol. The van der Waals surface area contributed by atoms with Crippen LogP contribution < -0.4 is 5.43 Å². The fraction of sp³-hybridized carbons (Fsp3) is 0.667. The minimum Gasteiger partial charge on any atom is -0.503 e. The van der Waals surface area contributed by atoms with Gasteiger partial charge in [-0.25, -0.2) is 0 Å². The van der Waals surface area contributed by atoms with E-state index in [1.165, 1.54) is 25.3 Å². The average molecular weight is 264 g/mol. The Morgan fingerprint density at radius 1 is 1.42 bits per heavy atom. The van der Waals surface area contributed by atoms with Crippen LogP contribution in [-0.2, 0) is 13.1 Å². The van der Waals surface area contributed by atoms with E-state index < -0.39 is 0 Å². The Morgan fingerprint density at radius 3 is 2.79 bits per heavy atom. The Balaban J connectivity index is 2.35. The van der Waals surface area contributed by atoms with Crippen molar-refractivity contribution in [3.05, 3.63) is 27.7 Å². The van der Waals surface area contributed by atoms with Crippen LogP contribution in [0.15, 0.2) is 10.9 Å². The molecule has 1 atom stereocenters. The number of pyridine rings is 1. The highest BCUT2D eigenvalue weighted by Crippen LogP contribution is 2.22. The maximum Gasteiger partial charge on any atom is 0.223 e. The fourth-order valence-corrected chi connectivity index (χ4v) is 3.00. The van der Waals surface area contributed by atoms with Gasteiger partial charge >= 0.3 is 0 Å². The van der Waals surface area contributed by atoms with Gasteiger partial charge in [0.15, 0.2) is 5.75 Å². The number of likely N-dealkylation sites (tertiary alicyclic amines) is 1. The summed E-state index contributed by atoms with van der Waals surface area (Å²) in [7, 11) is 0. The number of aromatic hydroxyl groups is 1. The summed E-state index contributed by atoms with van der Waals surface area (Å²) in [6, 6.07) is 2.04. The quantitative estimate of drug-likeness (QED) is 0.911. The Bertz CT molecular complexity index is 508. The van der Waals surface area contributed by atoms with Gasteiger partial charge in [0.2, 0.25) is 5.43 Å². The van der Waals surface area contributed by atoms with Crippen LogP contribution in [0.4, 0.5) is 0 Å². The van der Waals surface area contributed by atoms with Crippen molar-refractivity contribution in [3.63, 3.8) is 0 Å². The van der Waals surface area contributed by atoms with Crippen LogP contribution in [0.25, 0.3) is 0 Å². The summed E-state index contributed by atoms with van der Waals surface area (Å²) in [6.45, 7) is 8.68. The predicted molar refractivity (Wildman–Crippen MR) is 76.5 cm³/mol. The molecule has 106 valence electrons. The molecule has 4 heteroatoms. The Kier molecular flexibility index (Phi) is 4.30. The van der Waals surface area contributed by atoms with Gasteiger partial charge in [-0.3, -0.25) is 9.69 Å². The third kappa shape index (κ3) is 2.84. The van der Waals surface area contributed by atoms with Crippen molar-refractivity contribution >= 4 is 0 Å². The molecule has 0 bridgehead atoms. The second-order valence-electron chi connectivity index (χ2n) is 5.50. The lowest BCUT2D eigenvalue weighted by Crippen LogP contribution is -2.38. The van der Waals surface area contributed by atoms with Crippen molar-refractivity contribution in [2.75, 3.05) is 6.54 Å². The second kappa shape index (κ2) is 5.78. The highest BCUT2D eigenvalue weighted by Gasteiger charge is 2.22. The summed E-state index contributed by atoms with van der Waals surface area (Å²) in [6.07, 6.45) is 3.67. The molecule has 1 aromatic rings. The van der Waals surface area contributed by atoms with E-state index in [2.05, 4.69) is 11.8 Å². The highest BCUT2D eigenvalue weighted by atomic mass is 16.3. The van der Waals surface area contributed by atoms with Crippen molar-refractivity contribution in [1.82, 2.24) is 9.47 Å². The van der Waals surface area contributed by atoms with Gasteiger partial charge in [0, 0.05) is 30.9 Å². The summed E-state index contributed by atoms with van der Waals surface area (Å²) in [5.74, 6) is -0.0785. The van der Waals surface area contributed by atoms with Crippen LogP contribution in [0.1, 0.15) is 44.5 Å². The molecule has 0 spiro atoms. The van der Waals surface area contributed by atoms with E-state index >= 15 is 0 Å². The first-order valence-corrected chi connectivity index (χ1v) is 7.21. The highest BCUT2D eigenvalue weighted by molar-refractivity contribution is 5.29. The molecule has 1 saturated heterocycles. The molecule has 1 aliphatic rings. The van der Waals surface area contributed by atoms with Crippen LogP contribution in [-0.4, -0.2) is 27.2 Å². The van der Waals surface area contributed by atoms with E-state index in [0.29, 0.717) is 12.6 Å². The van der Waals surface area contributed by atoms with Crippen molar-refractivity contribution < 1.29 is 5.11 Å². The van der Waals surface area contributed by atoms with Crippen LogP contribution in [0.2, 0.25) is 0 Å². The molecule has 2 heterocycles. The zero-order valence-electron chi connectivity index (χ0n) is 12.1. The lowest BCUT2D eigenvalue weighted by atomic mass is 10.0. The van der Waals surface area contributed by atoms with Crippen molar-refractivity contribution in [3.8, 4) is 5.75 Å². The van der Waals surface area contributed by atoms with Gasteiger partial charge in [-0.05, 0) is 40.2 Å². The molecule has 4 nitrogen and oxygen atoms in total. The lowest BCUT2D eigenvalue weighted by molar-refractivity contribution is 0.147. The summed E-state index contributed by atoms with van der Waals surface area (Å²) < 4.78 is 2.04. The Hall–Kier alpha value is -1.29. The van der Waals surface area contributed by atoms with Crippen LogP contribution >= 0.6 is 0 Å². The third-order valence-electron chi connectivity index (χ3n) is 4.21. The molecular formula is C15H24N2O2. The minimum absolute atomic E-state index is 0.0785. The van der Waals surface area contributed by atoms with Gasteiger partial charge in [-0.1, -0.05) is 6.42 Å². The standard InChI is InChI=1S/C15H24N2O2/c1-4-17-12(3)9-14(18)15(19)13(17)10-16-8-6-5-7-11(16)2/h9,11,19H,4-8,10H2,1-3H3. The first-order chi connectivity index (χ1) is 9.04. The van der Waals surface area contributed by atoms with E-state index in [-0.39, 0.29) is 11.2 Å². The lowest BCUT2D eigenvalue weighted by Gasteiger charge is -2.34. The van der Waals surface area contributed by atoms with E-state index in [4.69, 9.17) is 0 Å². The van der Waals surface area contributed by atoms with Gasteiger partial charge in [-0.15, -0.1) is 0 Å². The Labute approximate surface area is 114 Å². The van der Waals surface area contributed by atoms with Crippen LogP contribution in [0, 0.1) is 6.92 Å². The van der Waals surface area contributed by atoms with Gasteiger partial charge in [0.05, 0.1) is 5.69 Å². The second-order valence-corrected chi connectivity index (χ2v) is 5.50. The molecule has 1 N–H and O–H groups in total. The number of piperidine rings is 1. The normalized spacial score (nSPS) is 20.7. The van der Waals surface area contributed by atoms with Crippen molar-refractivity contribution in [1.29, 1.82) is 0 Å². The van der Waals surface area contributed by atoms with Gasteiger partial charge in [0.1, 0.15) is 0 Å².